The molecule has 15 heavy (non-hydrogen) atoms. The van der Waals surface area contributed by atoms with Gasteiger partial charge in [0.2, 0.25) is 0 Å². The fourth-order valence-corrected chi connectivity index (χ4v) is 1.30. The van der Waals surface area contributed by atoms with Crippen molar-refractivity contribution in [2.75, 3.05) is 0 Å². The number of aryl methyl sites for hydroxylation is 1. The van der Waals surface area contributed by atoms with Crippen molar-refractivity contribution in [3.8, 4) is 11.8 Å². The summed E-state index contributed by atoms with van der Waals surface area (Å²) in [7, 11) is 0. The Morgan fingerprint density at radius 3 is 2.60 bits per heavy atom. The van der Waals surface area contributed by atoms with Crippen LogP contribution in [0.2, 0.25) is 0 Å². The molecule has 0 aliphatic heterocycles. The van der Waals surface area contributed by atoms with Gasteiger partial charge in [-0.1, -0.05) is 18.1 Å². The van der Waals surface area contributed by atoms with E-state index in [4.69, 9.17) is 5.11 Å². The lowest BCUT2D eigenvalue weighted by atomic mass is 9.99. The number of benzene rings is 1. The monoisotopic (exact) mass is 202 g/mol. The number of rotatable bonds is 1. The first-order chi connectivity index (χ1) is 7.06. The molecule has 1 N–H and O–H groups in total. The Bertz CT molecular complexity index is 476. The van der Waals surface area contributed by atoms with Gasteiger partial charge in [-0.05, 0) is 25.0 Å². The van der Waals surface area contributed by atoms with E-state index in [2.05, 4.69) is 5.92 Å². The molecule has 0 saturated heterocycles. The lowest BCUT2D eigenvalue weighted by Gasteiger charge is -2.04. The van der Waals surface area contributed by atoms with Gasteiger partial charge in [-0.2, -0.15) is 0 Å². The van der Waals surface area contributed by atoms with E-state index in [0.717, 1.165) is 17.4 Å². The predicted octanol–water partition coefficient (Wildman–Crippen LogP) is 1.55. The van der Waals surface area contributed by atoms with E-state index >= 15 is 0 Å². The zero-order valence-electron chi connectivity index (χ0n) is 8.50. The van der Waals surface area contributed by atoms with Gasteiger partial charge in [0.1, 0.15) is 6.29 Å². The summed E-state index contributed by atoms with van der Waals surface area (Å²) in [6.45, 7) is 3.58. The highest BCUT2D eigenvalue weighted by molar-refractivity contribution is 5.88. The van der Waals surface area contributed by atoms with Crippen molar-refractivity contribution in [3.05, 3.63) is 34.4 Å². The molecule has 0 saturated carbocycles. The Kier molecular flexibility index (Phi) is 3.25. The SMILES string of the molecule is Cc1ccc(C=O)c(C)c1C#CC(=O)O. The molecule has 1 aromatic carbocycles. The van der Waals surface area contributed by atoms with E-state index < -0.39 is 5.97 Å². The molecule has 0 radical (unpaired) electrons. The number of hydrogen-bond acceptors (Lipinski definition) is 2. The minimum absolute atomic E-state index is 0.537. The zero-order chi connectivity index (χ0) is 11.4. The van der Waals surface area contributed by atoms with Gasteiger partial charge in [-0.25, -0.2) is 4.79 Å². The van der Waals surface area contributed by atoms with Crippen LogP contribution in [-0.4, -0.2) is 17.4 Å². The number of carboxylic acid groups (broad SMARTS) is 1. The van der Waals surface area contributed by atoms with Crippen molar-refractivity contribution >= 4 is 12.3 Å². The first-order valence-corrected chi connectivity index (χ1v) is 4.36. The van der Waals surface area contributed by atoms with Crippen LogP contribution >= 0.6 is 0 Å². The Balaban J connectivity index is 3.35. The molecule has 3 nitrogen and oxygen atoms in total. The average Bonchev–Trinajstić information content (AvgIpc) is 2.17. The van der Waals surface area contributed by atoms with Crippen molar-refractivity contribution in [1.82, 2.24) is 0 Å². The van der Waals surface area contributed by atoms with Gasteiger partial charge < -0.3 is 5.11 Å². The molecule has 1 aromatic rings. The third kappa shape index (κ3) is 2.44. The van der Waals surface area contributed by atoms with Gasteiger partial charge in [-0.3, -0.25) is 4.79 Å². The van der Waals surface area contributed by atoms with Crippen molar-refractivity contribution < 1.29 is 14.7 Å². The molecule has 0 fully saturated rings. The topological polar surface area (TPSA) is 54.4 Å². The average molecular weight is 202 g/mol. The van der Waals surface area contributed by atoms with E-state index in [9.17, 15) is 9.59 Å². The third-order valence-electron chi connectivity index (χ3n) is 2.14. The number of aliphatic carboxylic acids is 1. The van der Waals surface area contributed by atoms with Crippen LogP contribution in [0.15, 0.2) is 12.1 Å². The highest BCUT2D eigenvalue weighted by Gasteiger charge is 2.04. The normalized spacial score (nSPS) is 8.93. The molecule has 0 unspecified atom stereocenters. The molecule has 0 spiro atoms. The van der Waals surface area contributed by atoms with E-state index in [0.29, 0.717) is 11.1 Å². The van der Waals surface area contributed by atoms with Gasteiger partial charge in [0.05, 0.1) is 0 Å². The summed E-state index contributed by atoms with van der Waals surface area (Å²) in [6.07, 6.45) is 0.737. The number of aldehydes is 1. The highest BCUT2D eigenvalue weighted by atomic mass is 16.4. The van der Waals surface area contributed by atoms with Crippen LogP contribution in [-0.2, 0) is 4.79 Å². The maximum Gasteiger partial charge on any atom is 0.382 e. The lowest BCUT2D eigenvalue weighted by Crippen LogP contribution is -1.95. The maximum atomic E-state index is 10.7. The molecule has 0 aromatic heterocycles. The van der Waals surface area contributed by atoms with Gasteiger partial charge in [0, 0.05) is 17.0 Å². The molecule has 3 heteroatoms. The van der Waals surface area contributed by atoms with Gasteiger partial charge in [-0.15, -0.1) is 0 Å². The Hall–Kier alpha value is -2.08. The Labute approximate surface area is 87.7 Å². The summed E-state index contributed by atoms with van der Waals surface area (Å²) in [4.78, 5) is 21.0. The minimum Gasteiger partial charge on any atom is -0.472 e. The van der Waals surface area contributed by atoms with Crippen LogP contribution in [0.25, 0.3) is 0 Å². The standard InChI is InChI=1S/C12H10O3/c1-8-3-4-10(7-13)9(2)11(8)5-6-12(14)15/h3-4,7H,1-2H3,(H,14,15). The van der Waals surface area contributed by atoms with Crippen LogP contribution in [0.3, 0.4) is 0 Å². The molecule has 0 aliphatic rings. The van der Waals surface area contributed by atoms with Crippen molar-refractivity contribution in [3.63, 3.8) is 0 Å². The Morgan fingerprint density at radius 1 is 1.40 bits per heavy atom. The Morgan fingerprint density at radius 2 is 2.07 bits per heavy atom. The number of hydrogen-bond donors (Lipinski definition) is 1. The van der Waals surface area contributed by atoms with E-state index in [1.165, 1.54) is 0 Å². The summed E-state index contributed by atoms with van der Waals surface area (Å²) >= 11 is 0. The van der Waals surface area contributed by atoms with Crippen molar-refractivity contribution in [2.24, 2.45) is 0 Å². The fraction of sp³-hybridized carbons (Fsp3) is 0.167. The van der Waals surface area contributed by atoms with E-state index in [-0.39, 0.29) is 0 Å². The molecule has 0 heterocycles. The number of carbonyl (C=O) groups excluding carboxylic acids is 1. The molecule has 0 atom stereocenters. The fourth-order valence-electron chi connectivity index (χ4n) is 1.30. The predicted molar refractivity (Wildman–Crippen MR) is 55.8 cm³/mol. The van der Waals surface area contributed by atoms with Crippen LogP contribution in [0.4, 0.5) is 0 Å². The molecular weight excluding hydrogens is 192 g/mol. The van der Waals surface area contributed by atoms with Gasteiger partial charge in [0.25, 0.3) is 0 Å². The first kappa shape index (κ1) is 11.0. The summed E-state index contributed by atoms with van der Waals surface area (Å²) < 4.78 is 0. The molecule has 0 bridgehead atoms. The van der Waals surface area contributed by atoms with Crippen molar-refractivity contribution in [1.29, 1.82) is 0 Å². The molecular formula is C12H10O3. The summed E-state index contributed by atoms with van der Waals surface area (Å²) in [5.41, 5.74) is 2.74. The second-order valence-electron chi connectivity index (χ2n) is 3.14. The van der Waals surface area contributed by atoms with E-state index in [1.807, 2.05) is 12.8 Å². The van der Waals surface area contributed by atoms with Crippen LogP contribution in [0, 0.1) is 25.7 Å². The first-order valence-electron chi connectivity index (χ1n) is 4.36. The summed E-state index contributed by atoms with van der Waals surface area (Å²) in [6, 6.07) is 3.45. The van der Waals surface area contributed by atoms with Crippen LogP contribution < -0.4 is 0 Å². The smallest absolute Gasteiger partial charge is 0.382 e. The number of carbonyl (C=O) groups is 2. The second kappa shape index (κ2) is 4.43. The quantitative estimate of drug-likeness (QED) is 0.555. The molecule has 0 aliphatic carbocycles. The highest BCUT2D eigenvalue weighted by Crippen LogP contribution is 2.15. The maximum absolute atomic E-state index is 10.7. The lowest BCUT2D eigenvalue weighted by molar-refractivity contribution is -0.130. The van der Waals surface area contributed by atoms with Crippen molar-refractivity contribution in [2.45, 2.75) is 13.8 Å². The largest absolute Gasteiger partial charge is 0.472 e. The summed E-state index contributed by atoms with van der Waals surface area (Å²) in [5.74, 6) is 3.42. The van der Waals surface area contributed by atoms with E-state index in [1.54, 1.807) is 19.1 Å². The second-order valence-corrected chi connectivity index (χ2v) is 3.14. The molecule has 0 amide bonds. The molecule has 76 valence electrons. The van der Waals surface area contributed by atoms with Crippen LogP contribution in [0.5, 0.6) is 0 Å². The summed E-state index contributed by atoms with van der Waals surface area (Å²) in [5, 5.41) is 8.44. The third-order valence-corrected chi connectivity index (χ3v) is 2.14. The molecule has 1 rings (SSSR count). The van der Waals surface area contributed by atoms with Crippen LogP contribution in [0.1, 0.15) is 27.0 Å². The zero-order valence-corrected chi connectivity index (χ0v) is 8.50. The number of carboxylic acids is 1. The minimum atomic E-state index is -1.18. The van der Waals surface area contributed by atoms with Gasteiger partial charge in [0.15, 0.2) is 0 Å². The van der Waals surface area contributed by atoms with Gasteiger partial charge >= 0.3 is 5.97 Å².